The summed E-state index contributed by atoms with van der Waals surface area (Å²) in [5.74, 6) is 4.72. The first-order chi connectivity index (χ1) is 10.4. The van der Waals surface area contributed by atoms with Crippen molar-refractivity contribution in [3.63, 3.8) is 0 Å². The maximum absolute atomic E-state index is 12.3. The molecule has 23 heavy (non-hydrogen) atoms. The quantitative estimate of drug-likeness (QED) is 0.338. The summed E-state index contributed by atoms with van der Waals surface area (Å²) in [6.45, 7) is 12.6. The number of carbonyl (C=O) groups excluding carboxylic acids is 2. The van der Waals surface area contributed by atoms with E-state index < -0.39 is 33.5 Å². The number of carbonyl (C=O) groups is 2. The predicted molar refractivity (Wildman–Crippen MR) is 97.9 cm³/mol. The second-order valence-electron chi connectivity index (χ2n) is 7.52. The van der Waals surface area contributed by atoms with Crippen LogP contribution in [0.1, 0.15) is 12.8 Å². The van der Waals surface area contributed by atoms with Gasteiger partial charge in [0.2, 0.25) is 0 Å². The summed E-state index contributed by atoms with van der Waals surface area (Å²) in [7, 11) is -0.682. The van der Waals surface area contributed by atoms with Gasteiger partial charge in [0.15, 0.2) is 5.41 Å². The Bertz CT molecular complexity index is 508. The number of hydrogen-bond donors (Lipinski definition) is 0. The molecule has 0 rings (SSSR count). The number of rotatable bonds is 4. The first-order valence-corrected chi connectivity index (χ1v) is 14.5. The highest BCUT2D eigenvalue weighted by Gasteiger charge is 2.47. The molecule has 0 amide bonds. The molecule has 0 aliphatic rings. The van der Waals surface area contributed by atoms with Gasteiger partial charge in [-0.2, -0.15) is 0 Å². The van der Waals surface area contributed by atoms with Crippen LogP contribution in [-0.4, -0.2) is 42.3 Å². The molecule has 0 atom stereocenters. The van der Waals surface area contributed by atoms with E-state index in [4.69, 9.17) is 9.47 Å². The van der Waals surface area contributed by atoms with Gasteiger partial charge in [0.25, 0.3) is 0 Å². The van der Waals surface area contributed by atoms with Crippen LogP contribution in [0, 0.1) is 28.3 Å². The Hall–Kier alpha value is -1.51. The monoisotopic (exact) mass is 352 g/mol. The van der Waals surface area contributed by atoms with Gasteiger partial charge in [-0.3, -0.25) is 9.59 Å². The Morgan fingerprint density at radius 2 is 1.09 bits per heavy atom. The van der Waals surface area contributed by atoms with Gasteiger partial charge in [0.1, 0.15) is 16.1 Å². The Kier molecular flexibility index (Phi) is 7.83. The number of hydrogen-bond acceptors (Lipinski definition) is 4. The minimum Gasteiger partial charge on any atom is -0.468 e. The summed E-state index contributed by atoms with van der Waals surface area (Å²) < 4.78 is 9.70. The molecule has 0 aromatic heterocycles. The van der Waals surface area contributed by atoms with Crippen LogP contribution >= 0.6 is 0 Å². The standard InChI is InChI=1S/C17H28O4Si2/c1-20-15(18)17(16(19)21-2,11-9-13-22(3,4)5)12-10-14-23(6,7)8/h11-12H2,1-8H3. The fourth-order valence-electron chi connectivity index (χ4n) is 1.75. The lowest BCUT2D eigenvalue weighted by atomic mass is 9.81. The molecule has 0 saturated heterocycles. The summed E-state index contributed by atoms with van der Waals surface area (Å²) in [4.78, 5) is 24.6. The molecule has 128 valence electrons. The number of ether oxygens (including phenoxy) is 2. The van der Waals surface area contributed by atoms with E-state index in [1.165, 1.54) is 14.2 Å². The molecule has 0 aliphatic heterocycles. The molecule has 0 fully saturated rings. The minimum atomic E-state index is -1.60. The fraction of sp³-hybridized carbons (Fsp3) is 0.647. The average Bonchev–Trinajstić information content (AvgIpc) is 2.41. The summed E-state index contributed by atoms with van der Waals surface area (Å²) in [5.41, 5.74) is 4.88. The number of methoxy groups -OCH3 is 2. The van der Waals surface area contributed by atoms with Gasteiger partial charge in [0, 0.05) is 12.8 Å². The zero-order valence-corrected chi connectivity index (χ0v) is 17.5. The van der Waals surface area contributed by atoms with Crippen molar-refractivity contribution in [2.45, 2.75) is 52.1 Å². The lowest BCUT2D eigenvalue weighted by Crippen LogP contribution is -2.41. The molecule has 6 heteroatoms. The summed E-state index contributed by atoms with van der Waals surface area (Å²) in [6.07, 6.45) is 0.133. The molecular weight excluding hydrogens is 324 g/mol. The Morgan fingerprint density at radius 1 is 0.783 bits per heavy atom. The molecule has 0 aromatic carbocycles. The highest BCUT2D eigenvalue weighted by atomic mass is 28.3. The van der Waals surface area contributed by atoms with Crippen LogP contribution < -0.4 is 0 Å². The van der Waals surface area contributed by atoms with Crippen LogP contribution in [0.15, 0.2) is 0 Å². The Morgan fingerprint density at radius 3 is 1.30 bits per heavy atom. The molecule has 0 heterocycles. The van der Waals surface area contributed by atoms with Crippen LogP contribution in [-0.2, 0) is 19.1 Å². The predicted octanol–water partition coefficient (Wildman–Crippen LogP) is 2.86. The van der Waals surface area contributed by atoms with Crippen LogP contribution in [0.2, 0.25) is 39.3 Å². The van der Waals surface area contributed by atoms with Crippen LogP contribution in [0.5, 0.6) is 0 Å². The molecule has 0 bridgehead atoms. The van der Waals surface area contributed by atoms with Crippen LogP contribution in [0.4, 0.5) is 0 Å². The van der Waals surface area contributed by atoms with E-state index in [-0.39, 0.29) is 12.8 Å². The van der Waals surface area contributed by atoms with Crippen molar-refractivity contribution in [1.29, 1.82) is 0 Å². The van der Waals surface area contributed by atoms with E-state index in [0.29, 0.717) is 0 Å². The van der Waals surface area contributed by atoms with Crippen molar-refractivity contribution in [2.75, 3.05) is 14.2 Å². The first-order valence-electron chi connectivity index (χ1n) is 7.55. The molecule has 0 N–H and O–H groups in total. The third-order valence-electron chi connectivity index (χ3n) is 2.86. The second kappa shape index (κ2) is 8.38. The van der Waals surface area contributed by atoms with Crippen molar-refractivity contribution in [2.24, 2.45) is 5.41 Å². The number of esters is 2. The van der Waals surface area contributed by atoms with E-state index >= 15 is 0 Å². The maximum Gasteiger partial charge on any atom is 0.325 e. The lowest BCUT2D eigenvalue weighted by molar-refractivity contribution is -0.168. The molecule has 0 radical (unpaired) electrons. The smallest absolute Gasteiger partial charge is 0.325 e. The van der Waals surface area contributed by atoms with E-state index in [9.17, 15) is 9.59 Å². The summed E-state index contributed by atoms with van der Waals surface area (Å²) in [5, 5.41) is 0. The van der Waals surface area contributed by atoms with E-state index in [0.717, 1.165) is 0 Å². The lowest BCUT2D eigenvalue weighted by Gasteiger charge is -2.24. The molecule has 0 aliphatic carbocycles. The highest BCUT2D eigenvalue weighted by Crippen LogP contribution is 2.30. The highest BCUT2D eigenvalue weighted by molar-refractivity contribution is 6.84. The molecule has 4 nitrogen and oxygen atoms in total. The zero-order chi connectivity index (χ0) is 18.3. The summed E-state index contributed by atoms with van der Waals surface area (Å²) >= 11 is 0. The molecule has 0 spiro atoms. The van der Waals surface area contributed by atoms with Crippen LogP contribution in [0.25, 0.3) is 0 Å². The van der Waals surface area contributed by atoms with Crippen molar-refractivity contribution in [3.05, 3.63) is 0 Å². The van der Waals surface area contributed by atoms with Crippen molar-refractivity contribution in [3.8, 4) is 22.9 Å². The molecule has 0 unspecified atom stereocenters. The van der Waals surface area contributed by atoms with E-state index in [1.807, 2.05) is 0 Å². The zero-order valence-electron chi connectivity index (χ0n) is 15.5. The van der Waals surface area contributed by atoms with Gasteiger partial charge >= 0.3 is 11.9 Å². The van der Waals surface area contributed by atoms with Gasteiger partial charge < -0.3 is 9.47 Å². The Balaban J connectivity index is 5.77. The van der Waals surface area contributed by atoms with E-state index in [1.54, 1.807) is 0 Å². The van der Waals surface area contributed by atoms with Crippen LogP contribution in [0.3, 0.4) is 0 Å². The topological polar surface area (TPSA) is 52.6 Å². The fourth-order valence-corrected chi connectivity index (χ4v) is 2.98. The maximum atomic E-state index is 12.3. The van der Waals surface area contributed by atoms with Gasteiger partial charge in [-0.15, -0.1) is 22.9 Å². The first kappa shape index (κ1) is 21.5. The average molecular weight is 353 g/mol. The SMILES string of the molecule is COC(=O)C(CC#C[Si](C)(C)C)(CC#C[Si](C)(C)C)C(=O)OC. The molecule has 0 aromatic rings. The van der Waals surface area contributed by atoms with E-state index in [2.05, 4.69) is 62.2 Å². The van der Waals surface area contributed by atoms with Gasteiger partial charge in [-0.25, -0.2) is 0 Å². The second-order valence-corrected chi connectivity index (χ2v) is 17.0. The summed E-state index contributed by atoms with van der Waals surface area (Å²) in [6, 6.07) is 0. The molecule has 0 saturated carbocycles. The van der Waals surface area contributed by atoms with Gasteiger partial charge in [-0.05, 0) is 0 Å². The van der Waals surface area contributed by atoms with Crippen molar-refractivity contribution >= 4 is 28.1 Å². The third kappa shape index (κ3) is 7.54. The normalized spacial score (nSPS) is 11.5. The van der Waals surface area contributed by atoms with Crippen molar-refractivity contribution in [1.82, 2.24) is 0 Å². The van der Waals surface area contributed by atoms with Crippen molar-refractivity contribution < 1.29 is 19.1 Å². The molecular formula is C17H28O4Si2. The Labute approximate surface area is 142 Å². The van der Waals surface area contributed by atoms with Gasteiger partial charge in [-0.1, -0.05) is 39.3 Å². The van der Waals surface area contributed by atoms with Gasteiger partial charge in [0.05, 0.1) is 14.2 Å². The third-order valence-corrected chi connectivity index (χ3v) is 4.71. The largest absolute Gasteiger partial charge is 0.468 e. The minimum absolute atomic E-state index is 0.0665.